The number of nitrogens with zero attached hydrogens (tertiary/aromatic N) is 1. The number of benzene rings is 1. The van der Waals surface area contributed by atoms with Gasteiger partial charge in [-0.05, 0) is 44.0 Å². The summed E-state index contributed by atoms with van der Waals surface area (Å²) in [7, 11) is 0. The number of hydrogen-bond donors (Lipinski definition) is 2. The molecular weight excluding hydrogens is 166 g/mol. The number of rotatable bonds is 1. The van der Waals surface area contributed by atoms with Crippen molar-refractivity contribution in [1.29, 1.82) is 0 Å². The van der Waals surface area contributed by atoms with E-state index in [1.54, 1.807) is 19.1 Å². The van der Waals surface area contributed by atoms with Gasteiger partial charge in [0, 0.05) is 5.56 Å². The summed E-state index contributed by atoms with van der Waals surface area (Å²) in [5.74, 6) is 0.270. The summed E-state index contributed by atoms with van der Waals surface area (Å²) in [4.78, 5) is 0. The molecule has 0 bridgehead atoms. The molecule has 0 heterocycles. The highest BCUT2D eigenvalue weighted by molar-refractivity contribution is 5.99. The first-order chi connectivity index (χ1) is 6.06. The molecule has 0 spiro atoms. The van der Waals surface area contributed by atoms with Crippen LogP contribution < -0.4 is 0 Å². The molecule has 3 heteroatoms. The molecule has 0 amide bonds. The molecule has 0 atom stereocenters. The summed E-state index contributed by atoms with van der Waals surface area (Å²) in [5, 5.41) is 21.1. The standard InChI is InChI=1S/C10H13NO2/c1-6-5-10(12)7(2)4-9(6)8(3)11-13/h4-5,12-13H,1-3H3/b11-8-. The van der Waals surface area contributed by atoms with Gasteiger partial charge in [-0.15, -0.1) is 0 Å². The van der Waals surface area contributed by atoms with Crippen molar-refractivity contribution in [3.63, 3.8) is 0 Å². The first-order valence-corrected chi connectivity index (χ1v) is 4.05. The van der Waals surface area contributed by atoms with Crippen LogP contribution in [0.25, 0.3) is 0 Å². The SMILES string of the molecule is C/C(=N/O)c1cc(C)c(O)cc1C. The predicted octanol–water partition coefficient (Wildman–Crippen LogP) is 2.21. The monoisotopic (exact) mass is 179 g/mol. The van der Waals surface area contributed by atoms with E-state index >= 15 is 0 Å². The average molecular weight is 179 g/mol. The van der Waals surface area contributed by atoms with E-state index in [1.165, 1.54) is 0 Å². The molecule has 0 fully saturated rings. The van der Waals surface area contributed by atoms with Crippen molar-refractivity contribution in [2.24, 2.45) is 5.16 Å². The zero-order valence-corrected chi connectivity index (χ0v) is 8.00. The Morgan fingerprint density at radius 1 is 1.23 bits per heavy atom. The topological polar surface area (TPSA) is 52.8 Å². The number of aryl methyl sites for hydroxylation is 2. The number of oxime groups is 1. The number of phenolic OH excluding ortho intramolecular Hbond substituents is 1. The van der Waals surface area contributed by atoms with Gasteiger partial charge in [0.25, 0.3) is 0 Å². The van der Waals surface area contributed by atoms with Crippen LogP contribution in [0, 0.1) is 13.8 Å². The largest absolute Gasteiger partial charge is 0.508 e. The predicted molar refractivity (Wildman–Crippen MR) is 51.6 cm³/mol. The molecule has 0 saturated carbocycles. The summed E-state index contributed by atoms with van der Waals surface area (Å²) < 4.78 is 0. The lowest BCUT2D eigenvalue weighted by Crippen LogP contribution is -1.98. The van der Waals surface area contributed by atoms with Gasteiger partial charge in [-0.2, -0.15) is 0 Å². The maximum absolute atomic E-state index is 9.38. The maximum atomic E-state index is 9.38. The third kappa shape index (κ3) is 1.80. The van der Waals surface area contributed by atoms with E-state index in [1.807, 2.05) is 13.8 Å². The average Bonchev–Trinajstić information content (AvgIpc) is 2.10. The Morgan fingerprint density at radius 2 is 1.85 bits per heavy atom. The van der Waals surface area contributed by atoms with Gasteiger partial charge in [0.2, 0.25) is 0 Å². The molecule has 0 aliphatic carbocycles. The minimum absolute atomic E-state index is 0.270. The summed E-state index contributed by atoms with van der Waals surface area (Å²) in [5.41, 5.74) is 3.10. The second-order valence-electron chi connectivity index (χ2n) is 3.14. The fourth-order valence-electron chi connectivity index (χ4n) is 1.24. The van der Waals surface area contributed by atoms with Crippen LogP contribution >= 0.6 is 0 Å². The number of phenols is 1. The first-order valence-electron chi connectivity index (χ1n) is 4.05. The third-order valence-corrected chi connectivity index (χ3v) is 2.08. The van der Waals surface area contributed by atoms with Crippen molar-refractivity contribution in [1.82, 2.24) is 0 Å². The summed E-state index contributed by atoms with van der Waals surface area (Å²) in [6.45, 7) is 5.39. The summed E-state index contributed by atoms with van der Waals surface area (Å²) in [6, 6.07) is 3.47. The van der Waals surface area contributed by atoms with Gasteiger partial charge < -0.3 is 10.3 Å². The Kier molecular flexibility index (Phi) is 2.56. The van der Waals surface area contributed by atoms with Crippen molar-refractivity contribution in [2.75, 3.05) is 0 Å². The van der Waals surface area contributed by atoms with Crippen molar-refractivity contribution in [3.05, 3.63) is 28.8 Å². The molecule has 0 radical (unpaired) electrons. The zero-order valence-electron chi connectivity index (χ0n) is 8.00. The smallest absolute Gasteiger partial charge is 0.118 e. The van der Waals surface area contributed by atoms with Crippen molar-refractivity contribution < 1.29 is 10.3 Å². The molecule has 0 aliphatic heterocycles. The van der Waals surface area contributed by atoms with Gasteiger partial charge in [-0.3, -0.25) is 0 Å². The number of hydrogen-bond acceptors (Lipinski definition) is 3. The molecule has 0 aromatic heterocycles. The maximum Gasteiger partial charge on any atom is 0.118 e. The van der Waals surface area contributed by atoms with Crippen LogP contribution in [0.15, 0.2) is 17.3 Å². The van der Waals surface area contributed by atoms with Crippen LogP contribution in [0.1, 0.15) is 23.6 Å². The fourth-order valence-corrected chi connectivity index (χ4v) is 1.24. The third-order valence-electron chi connectivity index (χ3n) is 2.08. The molecule has 0 saturated heterocycles. The second kappa shape index (κ2) is 3.47. The highest BCUT2D eigenvalue weighted by atomic mass is 16.4. The first kappa shape index (κ1) is 9.58. The zero-order chi connectivity index (χ0) is 10.0. The summed E-state index contributed by atoms with van der Waals surface area (Å²) in [6.07, 6.45) is 0. The van der Waals surface area contributed by atoms with Crippen LogP contribution in [0.3, 0.4) is 0 Å². The second-order valence-corrected chi connectivity index (χ2v) is 3.14. The Balaban J connectivity index is 3.32. The molecule has 0 unspecified atom stereocenters. The lowest BCUT2D eigenvalue weighted by atomic mass is 10.0. The molecule has 0 aliphatic rings. The van der Waals surface area contributed by atoms with Crippen LogP contribution in [0.4, 0.5) is 0 Å². The van der Waals surface area contributed by atoms with Crippen LogP contribution in [0.5, 0.6) is 5.75 Å². The van der Waals surface area contributed by atoms with E-state index < -0.39 is 0 Å². The minimum Gasteiger partial charge on any atom is -0.508 e. The van der Waals surface area contributed by atoms with E-state index in [0.29, 0.717) is 5.71 Å². The van der Waals surface area contributed by atoms with E-state index in [-0.39, 0.29) is 5.75 Å². The Labute approximate surface area is 77.3 Å². The summed E-state index contributed by atoms with van der Waals surface area (Å²) >= 11 is 0. The normalized spacial score (nSPS) is 11.8. The van der Waals surface area contributed by atoms with Gasteiger partial charge in [0.1, 0.15) is 5.75 Å². The lowest BCUT2D eigenvalue weighted by molar-refractivity contribution is 0.319. The molecule has 1 aromatic rings. The lowest BCUT2D eigenvalue weighted by Gasteiger charge is -2.06. The van der Waals surface area contributed by atoms with Gasteiger partial charge in [-0.25, -0.2) is 0 Å². The molecule has 1 rings (SSSR count). The van der Waals surface area contributed by atoms with Gasteiger partial charge in [-0.1, -0.05) is 5.16 Å². The van der Waals surface area contributed by atoms with E-state index in [0.717, 1.165) is 16.7 Å². The highest BCUT2D eigenvalue weighted by Crippen LogP contribution is 2.21. The highest BCUT2D eigenvalue weighted by Gasteiger charge is 2.05. The van der Waals surface area contributed by atoms with Gasteiger partial charge in [0.15, 0.2) is 0 Å². The van der Waals surface area contributed by atoms with E-state index in [2.05, 4.69) is 5.16 Å². The van der Waals surface area contributed by atoms with Crippen LogP contribution in [0.2, 0.25) is 0 Å². The fraction of sp³-hybridized carbons (Fsp3) is 0.300. The van der Waals surface area contributed by atoms with Crippen molar-refractivity contribution >= 4 is 5.71 Å². The minimum atomic E-state index is 0.270. The van der Waals surface area contributed by atoms with Crippen LogP contribution in [-0.4, -0.2) is 16.0 Å². The quantitative estimate of drug-likeness (QED) is 0.394. The van der Waals surface area contributed by atoms with Crippen molar-refractivity contribution in [2.45, 2.75) is 20.8 Å². The van der Waals surface area contributed by atoms with Crippen LogP contribution in [-0.2, 0) is 0 Å². The molecule has 13 heavy (non-hydrogen) atoms. The Morgan fingerprint density at radius 3 is 2.38 bits per heavy atom. The molecule has 2 N–H and O–H groups in total. The van der Waals surface area contributed by atoms with E-state index in [9.17, 15) is 5.11 Å². The van der Waals surface area contributed by atoms with Gasteiger partial charge in [0.05, 0.1) is 5.71 Å². The van der Waals surface area contributed by atoms with Gasteiger partial charge >= 0.3 is 0 Å². The molecule has 3 nitrogen and oxygen atoms in total. The Hall–Kier alpha value is -1.51. The molecular formula is C10H13NO2. The number of aromatic hydroxyl groups is 1. The van der Waals surface area contributed by atoms with Crippen molar-refractivity contribution in [3.8, 4) is 5.75 Å². The molecule has 70 valence electrons. The van der Waals surface area contributed by atoms with E-state index in [4.69, 9.17) is 5.21 Å². The Bertz CT molecular complexity index is 356. The molecule has 1 aromatic carbocycles.